The minimum Gasteiger partial charge on any atom is -0.492 e. The van der Waals surface area contributed by atoms with Crippen LogP contribution in [0.1, 0.15) is 42.5 Å². The van der Waals surface area contributed by atoms with Crippen LogP contribution in [-0.4, -0.2) is 34.9 Å². The summed E-state index contributed by atoms with van der Waals surface area (Å²) in [5.41, 5.74) is 8.45. The number of nitrogens with zero attached hydrogens (tertiary/aromatic N) is 2. The van der Waals surface area contributed by atoms with Gasteiger partial charge >= 0.3 is 0 Å². The number of halogens is 1. The maximum absolute atomic E-state index is 14.0. The molecule has 1 aromatic carbocycles. The average Bonchev–Trinajstić information content (AvgIpc) is 3.14. The second-order valence-electron chi connectivity index (χ2n) is 7.25. The van der Waals surface area contributed by atoms with E-state index in [4.69, 9.17) is 15.9 Å². The lowest BCUT2D eigenvalue weighted by Crippen LogP contribution is -2.32. The molecule has 4 N–H and O–H groups in total. The van der Waals surface area contributed by atoms with Crippen molar-refractivity contribution in [2.24, 2.45) is 0 Å². The molecule has 2 aliphatic rings. The van der Waals surface area contributed by atoms with E-state index in [1.165, 1.54) is 12.1 Å². The van der Waals surface area contributed by atoms with Crippen molar-refractivity contribution >= 4 is 11.7 Å². The summed E-state index contributed by atoms with van der Waals surface area (Å²) in [4.78, 5) is 6.26. The number of nitrogens with one attached hydrogen (secondary N) is 2. The summed E-state index contributed by atoms with van der Waals surface area (Å²) >= 11 is 0. The van der Waals surface area contributed by atoms with Crippen molar-refractivity contribution in [1.29, 1.82) is 5.41 Å². The van der Waals surface area contributed by atoms with Crippen molar-refractivity contribution < 1.29 is 9.13 Å². The highest BCUT2D eigenvalue weighted by Crippen LogP contribution is 2.38. The average molecular weight is 369 g/mol. The van der Waals surface area contributed by atoms with Crippen LogP contribution in [0.3, 0.4) is 0 Å². The maximum atomic E-state index is 14.0. The molecule has 2 atom stereocenters. The number of fused-ring (bicyclic) bond motifs is 5. The lowest BCUT2D eigenvalue weighted by atomic mass is 10.0. The molecule has 4 rings (SSSR count). The van der Waals surface area contributed by atoms with Crippen LogP contribution in [0.2, 0.25) is 0 Å². The van der Waals surface area contributed by atoms with Gasteiger partial charge in [-0.15, -0.1) is 0 Å². The number of ether oxygens (including phenoxy) is 1. The van der Waals surface area contributed by atoms with Crippen LogP contribution in [0.4, 0.5) is 10.2 Å². The molecular formula is C20H24FN5O. The number of rotatable bonds is 0. The third-order valence-electron chi connectivity index (χ3n) is 5.24. The van der Waals surface area contributed by atoms with E-state index in [0.29, 0.717) is 36.1 Å². The molecule has 1 saturated heterocycles. The van der Waals surface area contributed by atoms with Crippen LogP contribution in [0.15, 0.2) is 30.5 Å². The number of nitrogens with two attached hydrogens (primary N) is 1. The van der Waals surface area contributed by atoms with Gasteiger partial charge in [-0.25, -0.2) is 9.37 Å². The fourth-order valence-electron chi connectivity index (χ4n) is 3.79. The third kappa shape index (κ3) is 3.47. The standard InChI is InChI=1S/C20H24FN5O/c1-12-11-27-18-5-4-14(21)8-15(18)17-3-2-6-26(17)20(23)16-7-13(9-24-12)10-25-19(16)22/h4-5,7-8,10,12,17,23-24H,2-3,6,9,11H2,1H3,(H2,22,25)/t12-,17-/m1/s1. The quantitative estimate of drug-likeness (QED) is 0.665. The van der Waals surface area contributed by atoms with Gasteiger partial charge in [-0.1, -0.05) is 0 Å². The van der Waals surface area contributed by atoms with E-state index in [1.807, 2.05) is 17.9 Å². The Bertz CT molecular complexity index is 871. The normalized spacial score (nSPS) is 22.7. The molecular weight excluding hydrogens is 345 g/mol. The molecule has 6 nitrogen and oxygen atoms in total. The molecule has 1 aromatic heterocycles. The molecule has 142 valence electrons. The highest BCUT2D eigenvalue weighted by atomic mass is 19.1. The summed E-state index contributed by atoms with van der Waals surface area (Å²) in [5, 5.41) is 12.2. The zero-order valence-corrected chi connectivity index (χ0v) is 15.3. The van der Waals surface area contributed by atoms with Crippen molar-refractivity contribution in [3.8, 4) is 5.75 Å². The monoisotopic (exact) mass is 369 g/mol. The fraction of sp³-hybridized carbons (Fsp3) is 0.400. The van der Waals surface area contributed by atoms with E-state index in [9.17, 15) is 4.39 Å². The number of amidine groups is 1. The second kappa shape index (κ2) is 7.15. The Balaban J connectivity index is 1.81. The van der Waals surface area contributed by atoms with Crippen molar-refractivity contribution in [2.45, 2.75) is 38.4 Å². The van der Waals surface area contributed by atoms with Gasteiger partial charge in [0.25, 0.3) is 0 Å². The van der Waals surface area contributed by atoms with E-state index in [0.717, 1.165) is 30.5 Å². The second-order valence-corrected chi connectivity index (χ2v) is 7.25. The van der Waals surface area contributed by atoms with Crippen LogP contribution in [0, 0.1) is 11.2 Å². The van der Waals surface area contributed by atoms with Crippen molar-refractivity contribution in [3.05, 3.63) is 53.0 Å². The number of nitrogen functional groups attached to an aromatic ring is 1. The van der Waals surface area contributed by atoms with Crippen LogP contribution < -0.4 is 15.8 Å². The van der Waals surface area contributed by atoms with Gasteiger partial charge in [0.05, 0.1) is 11.6 Å². The van der Waals surface area contributed by atoms with Gasteiger partial charge in [0.1, 0.15) is 29.8 Å². The Morgan fingerprint density at radius 1 is 1.37 bits per heavy atom. The van der Waals surface area contributed by atoms with Crippen LogP contribution in [0.25, 0.3) is 0 Å². The summed E-state index contributed by atoms with van der Waals surface area (Å²) in [6.45, 7) is 3.84. The molecule has 3 heterocycles. The molecule has 0 unspecified atom stereocenters. The topological polar surface area (TPSA) is 87.3 Å². The van der Waals surface area contributed by atoms with Gasteiger partial charge in [-0.2, -0.15) is 0 Å². The van der Waals surface area contributed by atoms with Gasteiger partial charge in [-0.3, -0.25) is 5.41 Å². The molecule has 27 heavy (non-hydrogen) atoms. The minimum absolute atomic E-state index is 0.101. The Morgan fingerprint density at radius 3 is 3.07 bits per heavy atom. The molecule has 1 fully saturated rings. The van der Waals surface area contributed by atoms with Crippen molar-refractivity contribution in [1.82, 2.24) is 15.2 Å². The SMILES string of the molecule is C[C@@H]1COc2ccc(F)cc2[C@H]2CCCN2C(=N)c2cc(cnc2N)CN1. The first-order valence-corrected chi connectivity index (χ1v) is 9.28. The number of pyridine rings is 1. The minimum atomic E-state index is -0.297. The molecule has 2 bridgehead atoms. The molecule has 2 aromatic rings. The summed E-state index contributed by atoms with van der Waals surface area (Å²) in [5.74, 6) is 1.04. The number of anilines is 1. The Labute approximate surface area is 158 Å². The van der Waals surface area contributed by atoms with Gasteiger partial charge < -0.3 is 20.7 Å². The number of hydrogen-bond donors (Lipinski definition) is 3. The predicted molar refractivity (Wildman–Crippen MR) is 102 cm³/mol. The van der Waals surface area contributed by atoms with Gasteiger partial charge in [0, 0.05) is 30.9 Å². The molecule has 7 heteroatoms. The predicted octanol–water partition coefficient (Wildman–Crippen LogP) is 2.84. The zero-order chi connectivity index (χ0) is 19.0. The highest BCUT2D eigenvalue weighted by molar-refractivity contribution is 6.00. The lowest BCUT2D eigenvalue weighted by molar-refractivity contribution is 0.264. The molecule has 0 spiro atoms. The van der Waals surface area contributed by atoms with E-state index in [2.05, 4.69) is 10.3 Å². The highest BCUT2D eigenvalue weighted by Gasteiger charge is 2.32. The molecule has 0 aliphatic carbocycles. The summed E-state index contributed by atoms with van der Waals surface area (Å²) in [7, 11) is 0. The van der Waals surface area contributed by atoms with Gasteiger partial charge in [-0.05, 0) is 49.6 Å². The van der Waals surface area contributed by atoms with E-state index >= 15 is 0 Å². The van der Waals surface area contributed by atoms with Gasteiger partial charge in [0.2, 0.25) is 0 Å². The summed E-state index contributed by atoms with van der Waals surface area (Å²) in [6, 6.07) is 6.54. The van der Waals surface area contributed by atoms with E-state index in [1.54, 1.807) is 12.3 Å². The first-order valence-electron chi connectivity index (χ1n) is 9.28. The Morgan fingerprint density at radius 2 is 2.22 bits per heavy atom. The van der Waals surface area contributed by atoms with E-state index in [-0.39, 0.29) is 17.9 Å². The molecule has 0 amide bonds. The largest absolute Gasteiger partial charge is 0.492 e. The van der Waals surface area contributed by atoms with Gasteiger partial charge in [0.15, 0.2) is 0 Å². The maximum Gasteiger partial charge on any atom is 0.134 e. The summed E-state index contributed by atoms with van der Waals surface area (Å²) in [6.07, 6.45) is 3.49. The van der Waals surface area contributed by atoms with Crippen molar-refractivity contribution in [3.63, 3.8) is 0 Å². The Hall–Kier alpha value is -2.67. The molecule has 2 aliphatic heterocycles. The Kier molecular flexibility index (Phi) is 4.70. The fourth-order valence-corrected chi connectivity index (χ4v) is 3.79. The molecule has 0 saturated carbocycles. The number of benzene rings is 1. The van der Waals surface area contributed by atoms with Crippen LogP contribution in [0.5, 0.6) is 5.75 Å². The third-order valence-corrected chi connectivity index (χ3v) is 5.24. The van der Waals surface area contributed by atoms with Crippen LogP contribution >= 0.6 is 0 Å². The summed E-state index contributed by atoms with van der Waals surface area (Å²) < 4.78 is 20.0. The first-order chi connectivity index (χ1) is 13.0. The zero-order valence-electron chi connectivity index (χ0n) is 15.3. The van der Waals surface area contributed by atoms with Crippen molar-refractivity contribution in [2.75, 3.05) is 18.9 Å². The number of hydrogen-bond acceptors (Lipinski definition) is 5. The number of aromatic nitrogens is 1. The molecule has 0 radical (unpaired) electrons. The first kappa shape index (κ1) is 17.7. The lowest BCUT2D eigenvalue weighted by Gasteiger charge is -2.29. The smallest absolute Gasteiger partial charge is 0.134 e. The van der Waals surface area contributed by atoms with Crippen LogP contribution in [-0.2, 0) is 6.54 Å². The van der Waals surface area contributed by atoms with E-state index < -0.39 is 0 Å².